The van der Waals surface area contributed by atoms with Gasteiger partial charge in [0.25, 0.3) is 0 Å². The monoisotopic (exact) mass is 386 g/mol. The van der Waals surface area contributed by atoms with Crippen LogP contribution in [0, 0.1) is 5.82 Å². The van der Waals surface area contributed by atoms with E-state index < -0.39 is 0 Å². The molecule has 1 atom stereocenters. The number of nitrogens with one attached hydrogen (secondary N) is 1. The maximum atomic E-state index is 14.2. The van der Waals surface area contributed by atoms with Crippen molar-refractivity contribution in [3.63, 3.8) is 0 Å². The van der Waals surface area contributed by atoms with E-state index in [1.54, 1.807) is 6.07 Å². The lowest BCUT2D eigenvalue weighted by atomic mass is 10.0. The minimum Gasteiger partial charge on any atom is -0.319 e. The fourth-order valence-corrected chi connectivity index (χ4v) is 3.34. The van der Waals surface area contributed by atoms with Gasteiger partial charge in [0, 0.05) is 24.0 Å². The Bertz CT molecular complexity index is 839. The van der Waals surface area contributed by atoms with Gasteiger partial charge in [-0.2, -0.15) is 0 Å². The second kappa shape index (κ2) is 6.91. The van der Waals surface area contributed by atoms with Gasteiger partial charge in [0.05, 0.1) is 11.7 Å². The molecule has 4 rings (SSSR count). The quantitative estimate of drug-likeness (QED) is 0.659. The SMILES string of the molecule is Br.CCc1ccc(C2NCc3c(F)cccc3-n3cccc32)cc1. The average molecular weight is 387 g/mol. The molecular weight excluding hydrogens is 367 g/mol. The van der Waals surface area contributed by atoms with Crippen LogP contribution in [0.2, 0.25) is 0 Å². The third-order valence-corrected chi connectivity index (χ3v) is 4.63. The summed E-state index contributed by atoms with van der Waals surface area (Å²) in [6, 6.07) is 18.1. The molecule has 2 heterocycles. The van der Waals surface area contributed by atoms with Crippen LogP contribution in [0.25, 0.3) is 5.69 Å². The van der Waals surface area contributed by atoms with Crippen LogP contribution in [0.1, 0.15) is 35.3 Å². The summed E-state index contributed by atoms with van der Waals surface area (Å²) in [6.07, 6.45) is 3.04. The van der Waals surface area contributed by atoms with Gasteiger partial charge in [0.2, 0.25) is 0 Å². The Balaban J connectivity index is 0.00000169. The highest BCUT2D eigenvalue weighted by atomic mass is 79.9. The minimum absolute atomic E-state index is 0. The van der Waals surface area contributed by atoms with E-state index in [2.05, 4.69) is 47.1 Å². The van der Waals surface area contributed by atoms with E-state index in [0.29, 0.717) is 6.54 Å². The van der Waals surface area contributed by atoms with Crippen molar-refractivity contribution in [1.82, 2.24) is 9.88 Å². The van der Waals surface area contributed by atoms with Crippen LogP contribution in [-0.4, -0.2) is 4.57 Å². The van der Waals surface area contributed by atoms with Crippen LogP contribution >= 0.6 is 17.0 Å². The van der Waals surface area contributed by atoms with Gasteiger partial charge < -0.3 is 9.88 Å². The summed E-state index contributed by atoms with van der Waals surface area (Å²) in [5.74, 6) is -0.156. The molecule has 1 unspecified atom stereocenters. The zero-order valence-corrected chi connectivity index (χ0v) is 15.2. The summed E-state index contributed by atoms with van der Waals surface area (Å²) in [4.78, 5) is 0. The second-order valence-corrected chi connectivity index (χ2v) is 5.95. The van der Waals surface area contributed by atoms with Gasteiger partial charge in [-0.15, -0.1) is 17.0 Å². The third kappa shape index (κ3) is 2.80. The molecule has 0 fully saturated rings. The first-order valence-corrected chi connectivity index (χ1v) is 8.05. The molecule has 0 spiro atoms. The lowest BCUT2D eigenvalue weighted by Gasteiger charge is -2.18. The van der Waals surface area contributed by atoms with E-state index in [-0.39, 0.29) is 28.8 Å². The van der Waals surface area contributed by atoms with Gasteiger partial charge in [0.1, 0.15) is 5.82 Å². The Morgan fingerprint density at radius 3 is 2.62 bits per heavy atom. The van der Waals surface area contributed by atoms with Crippen molar-refractivity contribution in [1.29, 1.82) is 0 Å². The standard InChI is InChI=1S/C20H19FN2.BrH/c1-2-14-8-10-15(11-9-14)20-19-7-4-12-23(19)18-6-3-5-17(21)16(18)13-22-20;/h3-12,20,22H,2,13H2,1H3;1H. The highest BCUT2D eigenvalue weighted by Gasteiger charge is 2.24. The highest BCUT2D eigenvalue weighted by Crippen LogP contribution is 2.31. The zero-order chi connectivity index (χ0) is 15.8. The summed E-state index contributed by atoms with van der Waals surface area (Å²) in [5.41, 5.74) is 5.31. The molecule has 1 aliphatic heterocycles. The average Bonchev–Trinajstić information content (AvgIpc) is 3.00. The van der Waals surface area contributed by atoms with E-state index in [1.807, 2.05) is 18.3 Å². The number of rotatable bonds is 2. The number of halogens is 2. The summed E-state index contributed by atoms with van der Waals surface area (Å²) >= 11 is 0. The van der Waals surface area contributed by atoms with E-state index in [9.17, 15) is 4.39 Å². The smallest absolute Gasteiger partial charge is 0.129 e. The van der Waals surface area contributed by atoms with Crippen molar-refractivity contribution >= 4 is 17.0 Å². The molecule has 1 aliphatic rings. The summed E-state index contributed by atoms with van der Waals surface area (Å²) in [5, 5.41) is 3.51. The number of hydrogen-bond donors (Lipinski definition) is 1. The predicted octanol–water partition coefficient (Wildman–Crippen LogP) is 4.95. The molecule has 3 aromatic rings. The Hall–Kier alpha value is -1.91. The molecule has 0 amide bonds. The summed E-state index contributed by atoms with van der Waals surface area (Å²) in [6.45, 7) is 2.67. The summed E-state index contributed by atoms with van der Waals surface area (Å²) < 4.78 is 16.3. The third-order valence-electron chi connectivity index (χ3n) is 4.63. The fraction of sp³-hybridized carbons (Fsp3) is 0.200. The van der Waals surface area contributed by atoms with E-state index in [0.717, 1.165) is 23.4 Å². The van der Waals surface area contributed by atoms with Crippen LogP contribution in [0.15, 0.2) is 60.8 Å². The molecular formula is C20H20BrFN2. The van der Waals surface area contributed by atoms with Crippen molar-refractivity contribution in [2.75, 3.05) is 0 Å². The van der Waals surface area contributed by atoms with Crippen LogP contribution in [-0.2, 0) is 13.0 Å². The van der Waals surface area contributed by atoms with Crippen molar-refractivity contribution in [2.45, 2.75) is 25.9 Å². The highest BCUT2D eigenvalue weighted by molar-refractivity contribution is 8.93. The Morgan fingerprint density at radius 2 is 1.88 bits per heavy atom. The second-order valence-electron chi connectivity index (χ2n) is 5.95. The molecule has 0 aliphatic carbocycles. The molecule has 1 aromatic heterocycles. The molecule has 0 radical (unpaired) electrons. The van der Waals surface area contributed by atoms with Crippen LogP contribution in [0.3, 0.4) is 0 Å². The predicted molar refractivity (Wildman–Crippen MR) is 101 cm³/mol. The van der Waals surface area contributed by atoms with Gasteiger partial charge in [-0.05, 0) is 41.8 Å². The van der Waals surface area contributed by atoms with E-state index in [4.69, 9.17) is 0 Å². The van der Waals surface area contributed by atoms with E-state index >= 15 is 0 Å². The number of benzene rings is 2. The number of nitrogens with zero attached hydrogens (tertiary/aromatic N) is 1. The molecule has 0 saturated heterocycles. The van der Waals surface area contributed by atoms with Crippen LogP contribution in [0.5, 0.6) is 0 Å². The van der Waals surface area contributed by atoms with Crippen molar-refractivity contribution < 1.29 is 4.39 Å². The number of aryl methyl sites for hydroxylation is 1. The normalized spacial score (nSPS) is 15.8. The van der Waals surface area contributed by atoms with E-state index in [1.165, 1.54) is 17.2 Å². The molecule has 124 valence electrons. The van der Waals surface area contributed by atoms with Crippen molar-refractivity contribution in [3.05, 3.63) is 89.0 Å². The Morgan fingerprint density at radius 1 is 1.08 bits per heavy atom. The van der Waals surface area contributed by atoms with Gasteiger partial charge in [-0.1, -0.05) is 37.3 Å². The lowest BCUT2D eigenvalue weighted by Crippen LogP contribution is -2.21. The lowest BCUT2D eigenvalue weighted by molar-refractivity contribution is 0.566. The van der Waals surface area contributed by atoms with Crippen LogP contribution < -0.4 is 5.32 Å². The maximum Gasteiger partial charge on any atom is 0.129 e. The Kier molecular flexibility index (Phi) is 4.88. The number of aromatic nitrogens is 1. The first-order valence-electron chi connectivity index (χ1n) is 8.05. The van der Waals surface area contributed by atoms with Gasteiger partial charge >= 0.3 is 0 Å². The topological polar surface area (TPSA) is 17.0 Å². The minimum atomic E-state index is -0.156. The van der Waals surface area contributed by atoms with Crippen LogP contribution in [0.4, 0.5) is 4.39 Å². The number of hydrogen-bond acceptors (Lipinski definition) is 1. The molecule has 0 saturated carbocycles. The molecule has 4 heteroatoms. The number of fused-ring (bicyclic) bond motifs is 3. The maximum absolute atomic E-state index is 14.2. The molecule has 24 heavy (non-hydrogen) atoms. The summed E-state index contributed by atoms with van der Waals surface area (Å²) in [7, 11) is 0. The zero-order valence-electron chi connectivity index (χ0n) is 13.5. The van der Waals surface area contributed by atoms with Crippen molar-refractivity contribution in [3.8, 4) is 5.69 Å². The molecule has 2 nitrogen and oxygen atoms in total. The molecule has 2 aromatic carbocycles. The largest absolute Gasteiger partial charge is 0.319 e. The Labute approximate surface area is 152 Å². The molecule has 1 N–H and O–H groups in total. The first kappa shape index (κ1) is 16.9. The first-order chi connectivity index (χ1) is 11.3. The van der Waals surface area contributed by atoms with Gasteiger partial charge in [0.15, 0.2) is 0 Å². The molecule has 0 bridgehead atoms. The fourth-order valence-electron chi connectivity index (χ4n) is 3.34. The van der Waals surface area contributed by atoms with Gasteiger partial charge in [-0.25, -0.2) is 4.39 Å². The van der Waals surface area contributed by atoms with Gasteiger partial charge in [-0.3, -0.25) is 0 Å². The van der Waals surface area contributed by atoms with Crippen molar-refractivity contribution in [2.24, 2.45) is 0 Å².